The first kappa shape index (κ1) is 15.9. The summed E-state index contributed by atoms with van der Waals surface area (Å²) in [6.07, 6.45) is 3.54. The molecule has 1 N–H and O–H groups in total. The maximum Gasteiger partial charge on any atom is 0.257 e. The first-order valence-corrected chi connectivity index (χ1v) is 8.27. The minimum Gasteiger partial charge on any atom is -0.305 e. The third-order valence-electron chi connectivity index (χ3n) is 3.11. The lowest BCUT2D eigenvalue weighted by Crippen LogP contribution is -2.14. The fourth-order valence-electron chi connectivity index (χ4n) is 2.03. The Morgan fingerprint density at radius 1 is 1.26 bits per heavy atom. The molecule has 2 aromatic heterocycles. The highest BCUT2D eigenvalue weighted by Crippen LogP contribution is 2.19. The van der Waals surface area contributed by atoms with E-state index in [4.69, 9.17) is 11.6 Å². The van der Waals surface area contributed by atoms with Crippen LogP contribution in [0.3, 0.4) is 0 Å². The van der Waals surface area contributed by atoms with Crippen molar-refractivity contribution in [2.24, 2.45) is 0 Å². The molecule has 0 radical (unpaired) electrons. The molecule has 23 heavy (non-hydrogen) atoms. The van der Waals surface area contributed by atoms with Crippen molar-refractivity contribution in [3.8, 4) is 0 Å². The molecule has 3 aromatic rings. The van der Waals surface area contributed by atoms with Gasteiger partial charge in [-0.3, -0.25) is 14.5 Å². The molecule has 0 atom stereocenters. The normalized spacial score (nSPS) is 10.5. The first-order valence-electron chi connectivity index (χ1n) is 6.81. The molecular formula is C16H12ClIN4O. The van der Waals surface area contributed by atoms with Crippen LogP contribution in [0.2, 0.25) is 5.02 Å². The molecule has 0 saturated carbocycles. The average Bonchev–Trinajstić information content (AvgIpc) is 2.97. The van der Waals surface area contributed by atoms with Crippen LogP contribution in [0, 0.1) is 3.57 Å². The van der Waals surface area contributed by atoms with Crippen LogP contribution < -0.4 is 5.32 Å². The highest BCUT2D eigenvalue weighted by Gasteiger charge is 2.12. The Hall–Kier alpha value is -1.93. The molecule has 116 valence electrons. The van der Waals surface area contributed by atoms with Gasteiger partial charge in [0.2, 0.25) is 0 Å². The maximum absolute atomic E-state index is 12.3. The van der Waals surface area contributed by atoms with Crippen molar-refractivity contribution < 1.29 is 4.79 Å². The highest BCUT2D eigenvalue weighted by molar-refractivity contribution is 14.1. The summed E-state index contributed by atoms with van der Waals surface area (Å²) >= 11 is 8.05. The number of hydrogen-bond donors (Lipinski definition) is 1. The Morgan fingerprint density at radius 3 is 2.91 bits per heavy atom. The molecule has 1 amide bonds. The lowest BCUT2D eigenvalue weighted by Gasteiger charge is -2.05. The number of carbonyl (C=O) groups excluding carboxylic acids is 1. The molecule has 2 heterocycles. The van der Waals surface area contributed by atoms with Crippen molar-refractivity contribution >= 4 is 45.9 Å². The van der Waals surface area contributed by atoms with Crippen LogP contribution in [0.4, 0.5) is 5.82 Å². The second-order valence-electron chi connectivity index (χ2n) is 4.80. The van der Waals surface area contributed by atoms with E-state index in [0.717, 1.165) is 9.26 Å². The second-order valence-corrected chi connectivity index (χ2v) is 6.40. The van der Waals surface area contributed by atoms with Gasteiger partial charge in [-0.15, -0.1) is 0 Å². The van der Waals surface area contributed by atoms with E-state index in [9.17, 15) is 4.79 Å². The van der Waals surface area contributed by atoms with Gasteiger partial charge in [-0.05, 0) is 52.9 Å². The standard InChI is InChI=1S/C16H12ClIN4O/c17-11-4-5-14(18)13(9-11)16(23)20-15-6-8-22(21-15)10-12-3-1-2-7-19-12/h1-9H,10H2,(H,20,21,23). The van der Waals surface area contributed by atoms with Gasteiger partial charge in [-0.25, -0.2) is 0 Å². The Labute approximate surface area is 151 Å². The van der Waals surface area contributed by atoms with Crippen molar-refractivity contribution in [2.75, 3.05) is 5.32 Å². The van der Waals surface area contributed by atoms with Crippen molar-refractivity contribution in [1.82, 2.24) is 14.8 Å². The number of anilines is 1. The van der Waals surface area contributed by atoms with Gasteiger partial charge in [0.25, 0.3) is 5.91 Å². The van der Waals surface area contributed by atoms with Crippen LogP contribution in [0.15, 0.2) is 54.9 Å². The molecule has 0 saturated heterocycles. The van der Waals surface area contributed by atoms with E-state index in [1.807, 2.05) is 18.2 Å². The third kappa shape index (κ3) is 4.08. The monoisotopic (exact) mass is 438 g/mol. The lowest BCUT2D eigenvalue weighted by atomic mass is 10.2. The summed E-state index contributed by atoms with van der Waals surface area (Å²) in [7, 11) is 0. The topological polar surface area (TPSA) is 59.8 Å². The molecule has 0 aliphatic heterocycles. The summed E-state index contributed by atoms with van der Waals surface area (Å²) in [4.78, 5) is 16.6. The van der Waals surface area contributed by atoms with Gasteiger partial charge >= 0.3 is 0 Å². The van der Waals surface area contributed by atoms with Crippen molar-refractivity contribution in [1.29, 1.82) is 0 Å². The quantitative estimate of drug-likeness (QED) is 0.630. The lowest BCUT2D eigenvalue weighted by molar-refractivity contribution is 0.102. The molecule has 0 spiro atoms. The summed E-state index contributed by atoms with van der Waals surface area (Å²) in [5.74, 6) is 0.252. The zero-order valence-electron chi connectivity index (χ0n) is 11.9. The van der Waals surface area contributed by atoms with E-state index >= 15 is 0 Å². The number of hydrogen-bond acceptors (Lipinski definition) is 3. The van der Waals surface area contributed by atoms with Crippen molar-refractivity contribution in [2.45, 2.75) is 6.54 Å². The Balaban J connectivity index is 1.71. The first-order chi connectivity index (χ1) is 11.1. The number of benzene rings is 1. The maximum atomic E-state index is 12.3. The number of nitrogens with zero attached hydrogens (tertiary/aromatic N) is 3. The smallest absolute Gasteiger partial charge is 0.257 e. The number of carbonyl (C=O) groups is 1. The van der Waals surface area contributed by atoms with Crippen LogP contribution >= 0.6 is 34.2 Å². The molecule has 0 unspecified atom stereocenters. The number of pyridine rings is 1. The number of halogens is 2. The van der Waals surface area contributed by atoms with Gasteiger partial charge in [0.15, 0.2) is 5.82 Å². The molecule has 0 aliphatic carbocycles. The predicted octanol–water partition coefficient (Wildman–Crippen LogP) is 3.84. The molecule has 0 fully saturated rings. The largest absolute Gasteiger partial charge is 0.305 e. The van der Waals surface area contributed by atoms with Crippen LogP contribution in [-0.2, 0) is 6.54 Å². The van der Waals surface area contributed by atoms with Gasteiger partial charge in [0.1, 0.15) is 0 Å². The average molecular weight is 439 g/mol. The van der Waals surface area contributed by atoms with E-state index in [1.165, 1.54) is 0 Å². The van der Waals surface area contributed by atoms with Gasteiger partial charge < -0.3 is 5.32 Å². The van der Waals surface area contributed by atoms with Crippen molar-refractivity contribution in [3.63, 3.8) is 0 Å². The number of aromatic nitrogens is 3. The SMILES string of the molecule is O=C(Nc1ccn(Cc2ccccn2)n1)c1cc(Cl)ccc1I. The van der Waals surface area contributed by atoms with Gasteiger partial charge in [0, 0.05) is 27.1 Å². The zero-order valence-corrected chi connectivity index (χ0v) is 14.8. The fraction of sp³-hybridized carbons (Fsp3) is 0.0625. The van der Waals surface area contributed by atoms with E-state index in [2.05, 4.69) is 38.0 Å². The molecule has 3 rings (SSSR count). The molecule has 0 bridgehead atoms. The summed E-state index contributed by atoms with van der Waals surface area (Å²) < 4.78 is 2.55. The highest BCUT2D eigenvalue weighted by atomic mass is 127. The van der Waals surface area contributed by atoms with Crippen LogP contribution in [0.1, 0.15) is 16.1 Å². The summed E-state index contributed by atoms with van der Waals surface area (Å²) in [5.41, 5.74) is 1.43. The Morgan fingerprint density at radius 2 is 2.13 bits per heavy atom. The number of amides is 1. The minimum atomic E-state index is -0.236. The van der Waals surface area contributed by atoms with Crippen molar-refractivity contribution in [3.05, 3.63) is 74.7 Å². The predicted molar refractivity (Wildman–Crippen MR) is 97.7 cm³/mol. The molecular weight excluding hydrogens is 427 g/mol. The molecule has 7 heteroatoms. The third-order valence-corrected chi connectivity index (χ3v) is 4.28. The molecule has 0 aliphatic rings. The Bertz CT molecular complexity index is 835. The van der Waals surface area contributed by atoms with E-state index in [1.54, 1.807) is 41.3 Å². The number of rotatable bonds is 4. The summed E-state index contributed by atoms with van der Waals surface area (Å²) in [6, 6.07) is 12.7. The van der Waals surface area contributed by atoms with Crippen LogP contribution in [0.5, 0.6) is 0 Å². The van der Waals surface area contributed by atoms with Crippen LogP contribution in [-0.4, -0.2) is 20.7 Å². The zero-order chi connectivity index (χ0) is 16.2. The summed E-state index contributed by atoms with van der Waals surface area (Å²) in [6.45, 7) is 0.547. The van der Waals surface area contributed by atoms with Gasteiger partial charge in [0.05, 0.1) is 17.8 Å². The number of nitrogens with one attached hydrogen (secondary N) is 1. The summed E-state index contributed by atoms with van der Waals surface area (Å²) in [5, 5.41) is 7.63. The van der Waals surface area contributed by atoms with Crippen LogP contribution in [0.25, 0.3) is 0 Å². The van der Waals surface area contributed by atoms with E-state index in [-0.39, 0.29) is 5.91 Å². The Kier molecular flexibility index (Phi) is 4.92. The second kappa shape index (κ2) is 7.10. The fourth-order valence-corrected chi connectivity index (χ4v) is 2.78. The van der Waals surface area contributed by atoms with E-state index in [0.29, 0.717) is 22.9 Å². The minimum absolute atomic E-state index is 0.236. The van der Waals surface area contributed by atoms with Gasteiger partial charge in [-0.2, -0.15) is 5.10 Å². The molecule has 1 aromatic carbocycles. The molecule has 5 nitrogen and oxygen atoms in total. The van der Waals surface area contributed by atoms with E-state index < -0.39 is 0 Å². The van der Waals surface area contributed by atoms with Gasteiger partial charge in [-0.1, -0.05) is 17.7 Å².